The fraction of sp³-hybridized carbons (Fsp3) is 0.0714. The number of hydrogen-bond acceptors (Lipinski definition) is 4. The maximum Gasteiger partial charge on any atom is 0.257 e. The van der Waals surface area contributed by atoms with Crippen LogP contribution in [-0.4, -0.2) is 27.6 Å². The highest BCUT2D eigenvalue weighted by Gasteiger charge is 2.36. The monoisotopic (exact) mass is 496 g/mol. The van der Waals surface area contributed by atoms with Gasteiger partial charge in [0.15, 0.2) is 0 Å². The van der Waals surface area contributed by atoms with Gasteiger partial charge in [-0.2, -0.15) is 0 Å². The van der Waals surface area contributed by atoms with Gasteiger partial charge in [-0.15, -0.1) is 0 Å². The number of anilines is 2. The van der Waals surface area contributed by atoms with Crippen molar-refractivity contribution in [2.75, 3.05) is 10.6 Å². The van der Waals surface area contributed by atoms with E-state index in [0.717, 1.165) is 5.56 Å². The summed E-state index contributed by atoms with van der Waals surface area (Å²) in [6.45, 7) is 0.163. The van der Waals surface area contributed by atoms with Gasteiger partial charge < -0.3 is 15.5 Å². The van der Waals surface area contributed by atoms with Crippen LogP contribution in [0.1, 0.15) is 37.9 Å². The number of halogens is 1. The molecule has 0 saturated carbocycles. The normalized spacial score (nSPS) is 15.0. The van der Waals surface area contributed by atoms with E-state index in [1.54, 1.807) is 66.9 Å². The molecule has 2 heterocycles. The number of rotatable bonds is 5. The van der Waals surface area contributed by atoms with E-state index in [1.807, 2.05) is 30.3 Å². The number of hydrogen-bond donors (Lipinski definition) is 2. The zero-order valence-corrected chi connectivity index (χ0v) is 19.8. The highest BCUT2D eigenvalue weighted by molar-refractivity contribution is 6.31. The molecule has 0 spiro atoms. The molecule has 4 aromatic rings. The second kappa shape index (κ2) is 10.0. The van der Waals surface area contributed by atoms with E-state index in [9.17, 15) is 14.4 Å². The molecule has 3 aromatic carbocycles. The van der Waals surface area contributed by atoms with E-state index in [-0.39, 0.29) is 24.3 Å². The Labute approximate surface area is 212 Å². The highest BCUT2D eigenvalue weighted by Crippen LogP contribution is 2.33. The quantitative estimate of drug-likeness (QED) is 0.391. The number of pyridine rings is 1. The predicted molar refractivity (Wildman–Crippen MR) is 138 cm³/mol. The van der Waals surface area contributed by atoms with Gasteiger partial charge in [0.1, 0.15) is 11.9 Å². The van der Waals surface area contributed by atoms with Crippen LogP contribution < -0.4 is 10.6 Å². The standard InChI is InChI=1S/C28H21ClN4O3/c29-21-13-14-22-23(16-21)31-27(35)25(19-6-2-1-3-7-19)33(28(22)36)17-18-9-11-20(12-10-18)26(34)32-24-8-4-5-15-30-24/h1-16,25H,17H2,(H,31,35)(H,30,32,34)/t25-/m1/s1. The highest BCUT2D eigenvalue weighted by atomic mass is 35.5. The SMILES string of the molecule is O=C(Nc1ccccn1)c1ccc(CN2C(=O)c3ccc(Cl)cc3NC(=O)[C@H]2c2ccccc2)cc1. The Morgan fingerprint density at radius 1 is 0.944 bits per heavy atom. The van der Waals surface area contributed by atoms with Crippen LogP contribution >= 0.6 is 11.6 Å². The van der Waals surface area contributed by atoms with Gasteiger partial charge in [0, 0.05) is 23.3 Å². The molecular weight excluding hydrogens is 476 g/mol. The molecule has 0 bridgehead atoms. The Hall–Kier alpha value is -4.49. The summed E-state index contributed by atoms with van der Waals surface area (Å²) >= 11 is 6.12. The van der Waals surface area contributed by atoms with Gasteiger partial charge in [-0.25, -0.2) is 4.98 Å². The minimum Gasteiger partial charge on any atom is -0.323 e. The lowest BCUT2D eigenvalue weighted by atomic mass is 10.0. The molecule has 1 atom stereocenters. The van der Waals surface area contributed by atoms with Crippen molar-refractivity contribution in [1.29, 1.82) is 0 Å². The summed E-state index contributed by atoms with van der Waals surface area (Å²) in [6, 6.07) is 25.3. The molecule has 1 aliphatic rings. The molecule has 0 radical (unpaired) electrons. The molecule has 0 unspecified atom stereocenters. The Balaban J connectivity index is 1.45. The fourth-order valence-electron chi connectivity index (χ4n) is 4.13. The molecule has 7 nitrogen and oxygen atoms in total. The largest absolute Gasteiger partial charge is 0.323 e. The lowest BCUT2D eigenvalue weighted by Crippen LogP contribution is -2.38. The summed E-state index contributed by atoms with van der Waals surface area (Å²) < 4.78 is 0. The number of fused-ring (bicyclic) bond motifs is 1. The molecule has 3 amide bonds. The van der Waals surface area contributed by atoms with Crippen LogP contribution in [0, 0.1) is 0 Å². The molecule has 8 heteroatoms. The van der Waals surface area contributed by atoms with Crippen LogP contribution in [0.25, 0.3) is 0 Å². The van der Waals surface area contributed by atoms with Crippen molar-refractivity contribution in [2.24, 2.45) is 0 Å². The second-order valence-corrected chi connectivity index (χ2v) is 8.73. The number of carbonyl (C=O) groups is 3. The van der Waals surface area contributed by atoms with Crippen LogP contribution in [0.4, 0.5) is 11.5 Å². The number of nitrogens with one attached hydrogen (secondary N) is 2. The molecule has 5 rings (SSSR count). The van der Waals surface area contributed by atoms with Gasteiger partial charge in [-0.1, -0.05) is 60.1 Å². The van der Waals surface area contributed by atoms with E-state index >= 15 is 0 Å². The number of carbonyl (C=O) groups excluding carboxylic acids is 3. The average molecular weight is 497 g/mol. The Bertz CT molecular complexity index is 1430. The van der Waals surface area contributed by atoms with E-state index in [0.29, 0.717) is 33.2 Å². The molecular formula is C28H21ClN4O3. The predicted octanol–water partition coefficient (Wildman–Crippen LogP) is 5.32. The van der Waals surface area contributed by atoms with E-state index in [4.69, 9.17) is 11.6 Å². The van der Waals surface area contributed by atoms with Crippen molar-refractivity contribution in [3.8, 4) is 0 Å². The van der Waals surface area contributed by atoms with Crippen molar-refractivity contribution < 1.29 is 14.4 Å². The first-order valence-electron chi connectivity index (χ1n) is 11.3. The minimum atomic E-state index is -0.850. The topological polar surface area (TPSA) is 91.4 Å². The van der Waals surface area contributed by atoms with Gasteiger partial charge in [0.05, 0.1) is 11.3 Å². The van der Waals surface area contributed by atoms with Crippen molar-refractivity contribution in [1.82, 2.24) is 9.88 Å². The molecule has 2 N–H and O–H groups in total. The van der Waals surface area contributed by atoms with Crippen molar-refractivity contribution >= 4 is 40.8 Å². The lowest BCUT2D eigenvalue weighted by molar-refractivity contribution is -0.120. The molecule has 0 saturated heterocycles. The third kappa shape index (κ3) is 4.82. The fourth-order valence-corrected chi connectivity index (χ4v) is 4.31. The first-order chi connectivity index (χ1) is 17.5. The summed E-state index contributed by atoms with van der Waals surface area (Å²) in [5, 5.41) is 6.03. The first kappa shape index (κ1) is 23.3. The van der Waals surface area contributed by atoms with E-state index in [2.05, 4.69) is 15.6 Å². The summed E-state index contributed by atoms with van der Waals surface area (Å²) in [5.41, 5.74) is 2.64. The molecule has 0 fully saturated rings. The van der Waals surface area contributed by atoms with Crippen LogP contribution in [0.5, 0.6) is 0 Å². The van der Waals surface area contributed by atoms with Crippen molar-refractivity contribution in [3.05, 3.63) is 124 Å². The number of amides is 3. The van der Waals surface area contributed by atoms with Gasteiger partial charge in [0.25, 0.3) is 17.7 Å². The molecule has 1 aromatic heterocycles. The van der Waals surface area contributed by atoms with Crippen molar-refractivity contribution in [3.63, 3.8) is 0 Å². The van der Waals surface area contributed by atoms with Gasteiger partial charge in [0.2, 0.25) is 0 Å². The molecule has 36 heavy (non-hydrogen) atoms. The smallest absolute Gasteiger partial charge is 0.257 e. The zero-order chi connectivity index (χ0) is 25.1. The van der Waals surface area contributed by atoms with Gasteiger partial charge >= 0.3 is 0 Å². The average Bonchev–Trinajstić information content (AvgIpc) is 2.99. The van der Waals surface area contributed by atoms with Crippen LogP contribution in [-0.2, 0) is 11.3 Å². The second-order valence-electron chi connectivity index (χ2n) is 8.29. The lowest BCUT2D eigenvalue weighted by Gasteiger charge is -2.29. The van der Waals surface area contributed by atoms with Gasteiger partial charge in [-0.3, -0.25) is 14.4 Å². The Morgan fingerprint density at radius 3 is 2.42 bits per heavy atom. The number of nitrogens with zero attached hydrogens (tertiary/aromatic N) is 2. The molecule has 1 aliphatic heterocycles. The maximum absolute atomic E-state index is 13.7. The van der Waals surface area contributed by atoms with Crippen LogP contribution in [0.3, 0.4) is 0 Å². The van der Waals surface area contributed by atoms with Crippen LogP contribution in [0.2, 0.25) is 5.02 Å². The van der Waals surface area contributed by atoms with E-state index in [1.165, 1.54) is 4.90 Å². The number of benzene rings is 3. The third-order valence-corrected chi connectivity index (χ3v) is 6.12. The Kier molecular flexibility index (Phi) is 6.47. The summed E-state index contributed by atoms with van der Waals surface area (Å²) in [4.78, 5) is 45.2. The third-order valence-electron chi connectivity index (χ3n) is 5.88. The summed E-state index contributed by atoms with van der Waals surface area (Å²) in [7, 11) is 0. The maximum atomic E-state index is 13.7. The first-order valence-corrected chi connectivity index (χ1v) is 11.6. The summed E-state index contributed by atoms with van der Waals surface area (Å²) in [6.07, 6.45) is 1.60. The zero-order valence-electron chi connectivity index (χ0n) is 19.0. The van der Waals surface area contributed by atoms with E-state index < -0.39 is 6.04 Å². The minimum absolute atomic E-state index is 0.163. The number of aromatic nitrogens is 1. The van der Waals surface area contributed by atoms with Crippen LogP contribution in [0.15, 0.2) is 97.2 Å². The van der Waals surface area contributed by atoms with Crippen molar-refractivity contribution in [2.45, 2.75) is 12.6 Å². The Morgan fingerprint density at radius 2 is 1.69 bits per heavy atom. The molecule has 0 aliphatic carbocycles. The summed E-state index contributed by atoms with van der Waals surface area (Å²) in [5.74, 6) is -0.469. The molecule has 178 valence electrons. The van der Waals surface area contributed by atoms with Gasteiger partial charge in [-0.05, 0) is 53.6 Å².